The predicted octanol–water partition coefficient (Wildman–Crippen LogP) is 7.35. The van der Waals surface area contributed by atoms with E-state index >= 15 is 0 Å². The minimum Gasteiger partial charge on any atom is -0.497 e. The van der Waals surface area contributed by atoms with E-state index in [4.69, 9.17) is 4.74 Å². The summed E-state index contributed by atoms with van der Waals surface area (Å²) in [5, 5.41) is 0. The fourth-order valence-corrected chi connectivity index (χ4v) is 5.52. The van der Waals surface area contributed by atoms with Gasteiger partial charge in [0, 0.05) is 0 Å². The van der Waals surface area contributed by atoms with E-state index in [-0.39, 0.29) is 11.5 Å². The van der Waals surface area contributed by atoms with Crippen LogP contribution in [0.1, 0.15) is 63.4 Å². The Kier molecular flexibility index (Phi) is 5.70. The van der Waals surface area contributed by atoms with Crippen LogP contribution < -0.4 is 4.74 Å². The second-order valence-electron chi connectivity index (χ2n) is 8.71. The number of halogens is 2. The van der Waals surface area contributed by atoms with Crippen molar-refractivity contribution >= 4 is 0 Å². The van der Waals surface area contributed by atoms with Crippen molar-refractivity contribution in [2.75, 3.05) is 7.11 Å². The highest BCUT2D eigenvalue weighted by Crippen LogP contribution is 2.48. The summed E-state index contributed by atoms with van der Waals surface area (Å²) in [7, 11) is 1.58. The number of hydrogen-bond donors (Lipinski definition) is 0. The lowest BCUT2D eigenvalue weighted by molar-refractivity contribution is 0.116. The third-order valence-corrected chi connectivity index (χ3v) is 7.21. The zero-order chi connectivity index (χ0) is 19.7. The van der Waals surface area contributed by atoms with E-state index < -0.39 is 11.6 Å². The molecule has 0 spiro atoms. The summed E-state index contributed by atoms with van der Waals surface area (Å²) >= 11 is 0. The van der Waals surface area contributed by atoms with E-state index in [0.717, 1.165) is 36.2 Å². The maximum Gasteiger partial charge on any atom is 0.134 e. The van der Waals surface area contributed by atoms with Gasteiger partial charge in [0.15, 0.2) is 0 Å². The predicted molar refractivity (Wildman–Crippen MR) is 110 cm³/mol. The molecule has 1 unspecified atom stereocenters. The van der Waals surface area contributed by atoms with Crippen LogP contribution in [0.3, 0.4) is 0 Å². The first-order chi connectivity index (χ1) is 13.6. The maximum absolute atomic E-state index is 14.9. The number of hydrogen-bond acceptors (Lipinski definition) is 1. The molecule has 2 aliphatic carbocycles. The number of ether oxygens (including phenoxy) is 1. The van der Waals surface area contributed by atoms with Gasteiger partial charge in [-0.3, -0.25) is 0 Å². The van der Waals surface area contributed by atoms with Gasteiger partial charge in [-0.1, -0.05) is 31.9 Å². The average Bonchev–Trinajstić information content (AvgIpc) is 2.73. The summed E-state index contributed by atoms with van der Waals surface area (Å²) in [5.74, 6) is 2.48. The molecular weight excluding hydrogens is 354 g/mol. The van der Waals surface area contributed by atoms with Crippen molar-refractivity contribution in [3.05, 3.63) is 53.6 Å². The van der Waals surface area contributed by atoms with Crippen LogP contribution in [0.4, 0.5) is 8.78 Å². The third kappa shape index (κ3) is 3.81. The average molecular weight is 385 g/mol. The van der Waals surface area contributed by atoms with Gasteiger partial charge in [-0.25, -0.2) is 8.78 Å². The molecule has 2 aliphatic rings. The van der Waals surface area contributed by atoms with Gasteiger partial charge in [0.05, 0.1) is 12.7 Å². The maximum atomic E-state index is 14.9. The summed E-state index contributed by atoms with van der Waals surface area (Å²) in [4.78, 5) is 0. The summed E-state index contributed by atoms with van der Waals surface area (Å²) < 4.78 is 34.9. The van der Waals surface area contributed by atoms with Gasteiger partial charge in [0.25, 0.3) is 0 Å². The number of methoxy groups -OCH3 is 1. The second-order valence-corrected chi connectivity index (χ2v) is 8.71. The van der Waals surface area contributed by atoms with Crippen LogP contribution in [0.5, 0.6) is 5.75 Å². The first kappa shape index (κ1) is 19.4. The fourth-order valence-electron chi connectivity index (χ4n) is 5.52. The molecule has 1 nitrogen and oxygen atoms in total. The van der Waals surface area contributed by atoms with E-state index in [1.807, 2.05) is 0 Å². The largest absolute Gasteiger partial charge is 0.497 e. The Morgan fingerprint density at radius 1 is 0.893 bits per heavy atom. The molecule has 0 heterocycles. The van der Waals surface area contributed by atoms with Crippen molar-refractivity contribution in [1.82, 2.24) is 0 Å². The SMILES string of the molecule is CCC1CC[C@@H]2C[C@H](c3cc(F)c(-c4ccc(OC)cc4)c(F)c3)CC[C@@H]2C1. The topological polar surface area (TPSA) is 9.23 Å². The minimum absolute atomic E-state index is 0.0588. The van der Waals surface area contributed by atoms with Crippen molar-refractivity contribution in [1.29, 1.82) is 0 Å². The molecular formula is C25H30F2O. The van der Waals surface area contributed by atoms with Gasteiger partial charge >= 0.3 is 0 Å². The van der Waals surface area contributed by atoms with Gasteiger partial charge in [-0.05, 0) is 91.2 Å². The molecule has 4 rings (SSSR count). The van der Waals surface area contributed by atoms with E-state index in [1.165, 1.54) is 32.1 Å². The number of benzene rings is 2. The standard InChI is InChI=1S/C25H30F2O/c1-3-16-4-5-19-13-20(7-6-18(19)12-16)21-14-23(26)25(24(27)15-21)17-8-10-22(28-2)11-9-17/h8-11,14-16,18-20H,3-7,12-13H2,1-2H3/t16?,18-,19-,20-/m1/s1. The second kappa shape index (κ2) is 8.23. The lowest BCUT2D eigenvalue weighted by Crippen LogP contribution is -2.30. The number of rotatable bonds is 4. The summed E-state index contributed by atoms with van der Waals surface area (Å²) in [6.07, 6.45) is 8.59. The van der Waals surface area contributed by atoms with Crippen molar-refractivity contribution < 1.29 is 13.5 Å². The van der Waals surface area contributed by atoms with E-state index in [2.05, 4.69) is 6.92 Å². The smallest absolute Gasteiger partial charge is 0.134 e. The van der Waals surface area contributed by atoms with Crippen LogP contribution in [0.2, 0.25) is 0 Å². The summed E-state index contributed by atoms with van der Waals surface area (Å²) in [6, 6.07) is 10.0. The van der Waals surface area contributed by atoms with Crippen LogP contribution in [-0.4, -0.2) is 7.11 Å². The Bertz CT molecular complexity index is 791. The van der Waals surface area contributed by atoms with Gasteiger partial charge in [-0.15, -0.1) is 0 Å². The van der Waals surface area contributed by atoms with Crippen molar-refractivity contribution in [2.45, 2.75) is 57.8 Å². The van der Waals surface area contributed by atoms with Crippen molar-refractivity contribution in [3.63, 3.8) is 0 Å². The molecule has 3 heteroatoms. The monoisotopic (exact) mass is 384 g/mol. The Hall–Kier alpha value is -1.90. The highest BCUT2D eigenvalue weighted by molar-refractivity contribution is 5.66. The highest BCUT2D eigenvalue weighted by Gasteiger charge is 2.35. The van der Waals surface area contributed by atoms with Gasteiger partial charge in [-0.2, -0.15) is 0 Å². The molecule has 0 aromatic heterocycles. The molecule has 0 bridgehead atoms. The molecule has 2 aromatic carbocycles. The van der Waals surface area contributed by atoms with E-state index in [0.29, 0.717) is 11.3 Å². The van der Waals surface area contributed by atoms with Crippen LogP contribution in [0.25, 0.3) is 11.1 Å². The summed E-state index contributed by atoms with van der Waals surface area (Å²) in [6.45, 7) is 2.30. The first-order valence-electron chi connectivity index (χ1n) is 10.7. The van der Waals surface area contributed by atoms with Crippen molar-refractivity contribution in [2.24, 2.45) is 17.8 Å². The minimum atomic E-state index is -0.461. The zero-order valence-corrected chi connectivity index (χ0v) is 16.9. The van der Waals surface area contributed by atoms with Crippen LogP contribution in [0.15, 0.2) is 36.4 Å². The third-order valence-electron chi connectivity index (χ3n) is 7.21. The molecule has 0 saturated heterocycles. The summed E-state index contributed by atoms with van der Waals surface area (Å²) in [5.41, 5.74) is 1.44. The Labute approximate surface area is 167 Å². The lowest BCUT2D eigenvalue weighted by Gasteiger charge is -2.42. The Balaban J connectivity index is 1.53. The van der Waals surface area contributed by atoms with E-state index in [9.17, 15) is 8.78 Å². The molecule has 150 valence electrons. The normalized spacial score (nSPS) is 27.3. The molecule has 2 aromatic rings. The molecule has 2 fully saturated rings. The number of fused-ring (bicyclic) bond motifs is 1. The van der Waals surface area contributed by atoms with Gasteiger partial charge in [0.1, 0.15) is 17.4 Å². The van der Waals surface area contributed by atoms with Crippen molar-refractivity contribution in [3.8, 4) is 16.9 Å². The molecule has 4 atom stereocenters. The molecule has 28 heavy (non-hydrogen) atoms. The fraction of sp³-hybridized carbons (Fsp3) is 0.520. The van der Waals surface area contributed by atoms with Crippen LogP contribution >= 0.6 is 0 Å². The molecule has 0 aliphatic heterocycles. The van der Waals surface area contributed by atoms with Crippen LogP contribution in [0, 0.1) is 29.4 Å². The lowest BCUT2D eigenvalue weighted by atomic mass is 9.63. The Morgan fingerprint density at radius 2 is 1.54 bits per heavy atom. The van der Waals surface area contributed by atoms with Gasteiger partial charge in [0.2, 0.25) is 0 Å². The van der Waals surface area contributed by atoms with Crippen LogP contribution in [-0.2, 0) is 0 Å². The zero-order valence-electron chi connectivity index (χ0n) is 16.9. The first-order valence-corrected chi connectivity index (χ1v) is 10.7. The Morgan fingerprint density at radius 3 is 2.18 bits per heavy atom. The van der Waals surface area contributed by atoms with Gasteiger partial charge < -0.3 is 4.74 Å². The van der Waals surface area contributed by atoms with E-state index in [1.54, 1.807) is 43.5 Å². The molecule has 0 amide bonds. The molecule has 0 radical (unpaired) electrons. The quantitative estimate of drug-likeness (QED) is 0.535. The highest BCUT2D eigenvalue weighted by atomic mass is 19.1. The molecule has 0 N–H and O–H groups in total. The molecule has 2 saturated carbocycles.